The molecule has 0 unspecified atom stereocenters. The summed E-state index contributed by atoms with van der Waals surface area (Å²) in [5.41, 5.74) is 0.182. The summed E-state index contributed by atoms with van der Waals surface area (Å²) < 4.78 is 18.2. The van der Waals surface area contributed by atoms with Crippen LogP contribution in [0.2, 0.25) is 0 Å². The molecule has 34 heavy (non-hydrogen) atoms. The molecule has 0 saturated carbocycles. The Hall–Kier alpha value is -4.34. The maximum atomic E-state index is 13.3. The topological polar surface area (TPSA) is 118 Å². The maximum absolute atomic E-state index is 13.3. The molecule has 3 aromatic heterocycles. The zero-order valence-corrected chi connectivity index (χ0v) is 18.8. The smallest absolute Gasteiger partial charge is 0.332 e. The molecule has 3 heterocycles. The van der Waals surface area contributed by atoms with E-state index in [4.69, 9.17) is 13.9 Å². The Labute approximate surface area is 194 Å². The van der Waals surface area contributed by atoms with Gasteiger partial charge in [0.05, 0.1) is 32.5 Å². The zero-order valence-electron chi connectivity index (χ0n) is 18.8. The Bertz CT molecular complexity index is 1420. The number of ether oxygens (including phenoxy) is 2. The number of carbonyl (C=O) groups excluding carboxylic acids is 1. The second-order valence-electron chi connectivity index (χ2n) is 7.49. The summed E-state index contributed by atoms with van der Waals surface area (Å²) in [5.74, 6) is 1.33. The lowest BCUT2D eigenvalue weighted by molar-refractivity contribution is -0.121. The number of nitrogens with one attached hydrogen (secondary N) is 1. The SMILES string of the molecule is COc1ccc(CCn2c(=O)c3ncccc3n(CC(=O)NCc3ccco3)c2=O)cc1OC. The first-order chi connectivity index (χ1) is 16.5. The van der Waals surface area contributed by atoms with Crippen LogP contribution in [0.25, 0.3) is 11.0 Å². The standard InChI is InChI=1S/C24H24N4O6/c1-32-19-8-7-16(13-20(19)33-2)9-11-27-23(30)22-18(6-3-10-25-22)28(24(27)31)15-21(29)26-14-17-5-4-12-34-17/h3-8,10,12-13H,9,11,14-15H2,1-2H3,(H,26,29). The van der Waals surface area contributed by atoms with Gasteiger partial charge >= 0.3 is 5.69 Å². The zero-order chi connectivity index (χ0) is 24.1. The third-order valence-corrected chi connectivity index (χ3v) is 5.40. The van der Waals surface area contributed by atoms with Gasteiger partial charge in [-0.25, -0.2) is 9.78 Å². The van der Waals surface area contributed by atoms with Gasteiger partial charge in [0.1, 0.15) is 12.3 Å². The predicted octanol–water partition coefficient (Wildman–Crippen LogP) is 1.73. The minimum atomic E-state index is -0.584. The van der Waals surface area contributed by atoms with Gasteiger partial charge in [-0.3, -0.25) is 18.7 Å². The predicted molar refractivity (Wildman–Crippen MR) is 124 cm³/mol. The third kappa shape index (κ3) is 4.70. The highest BCUT2D eigenvalue weighted by Gasteiger charge is 2.16. The largest absolute Gasteiger partial charge is 0.493 e. The molecule has 1 N–H and O–H groups in total. The van der Waals surface area contributed by atoms with E-state index in [1.807, 2.05) is 6.07 Å². The average molecular weight is 464 g/mol. The van der Waals surface area contributed by atoms with Crippen LogP contribution in [-0.2, 0) is 30.8 Å². The monoisotopic (exact) mass is 464 g/mol. The van der Waals surface area contributed by atoms with Crippen molar-refractivity contribution in [2.24, 2.45) is 0 Å². The number of benzene rings is 1. The van der Waals surface area contributed by atoms with Crippen LogP contribution < -0.4 is 26.0 Å². The summed E-state index contributed by atoms with van der Waals surface area (Å²) in [7, 11) is 3.09. The lowest BCUT2D eigenvalue weighted by Crippen LogP contribution is -2.43. The number of hydrogen-bond donors (Lipinski definition) is 1. The lowest BCUT2D eigenvalue weighted by Gasteiger charge is -2.14. The van der Waals surface area contributed by atoms with Crippen LogP contribution in [0.3, 0.4) is 0 Å². The van der Waals surface area contributed by atoms with Crippen LogP contribution >= 0.6 is 0 Å². The molecule has 176 valence electrons. The van der Waals surface area contributed by atoms with Crippen molar-refractivity contribution in [1.29, 1.82) is 0 Å². The van der Waals surface area contributed by atoms with Crippen LogP contribution in [-0.4, -0.2) is 34.2 Å². The third-order valence-electron chi connectivity index (χ3n) is 5.40. The van der Waals surface area contributed by atoms with Crippen LogP contribution in [0.15, 0.2) is 68.9 Å². The van der Waals surface area contributed by atoms with Gasteiger partial charge in [0.2, 0.25) is 5.91 Å². The normalized spacial score (nSPS) is 10.9. The fourth-order valence-corrected chi connectivity index (χ4v) is 3.67. The van der Waals surface area contributed by atoms with E-state index in [0.717, 1.165) is 10.1 Å². The summed E-state index contributed by atoms with van der Waals surface area (Å²) in [6.45, 7) is 0.0295. The Morgan fingerprint density at radius 1 is 1.06 bits per heavy atom. The molecule has 0 aliphatic heterocycles. The molecule has 0 fully saturated rings. The van der Waals surface area contributed by atoms with Crippen LogP contribution in [0.4, 0.5) is 0 Å². The molecule has 0 saturated heterocycles. The number of hydrogen-bond acceptors (Lipinski definition) is 7. The van der Waals surface area contributed by atoms with Gasteiger partial charge in [-0.15, -0.1) is 0 Å². The van der Waals surface area contributed by atoms with E-state index in [0.29, 0.717) is 29.2 Å². The van der Waals surface area contributed by atoms with Gasteiger partial charge < -0.3 is 19.2 Å². The van der Waals surface area contributed by atoms with E-state index in [2.05, 4.69) is 10.3 Å². The van der Waals surface area contributed by atoms with Crippen LogP contribution in [0, 0.1) is 0 Å². The fourth-order valence-electron chi connectivity index (χ4n) is 3.67. The van der Waals surface area contributed by atoms with Crippen molar-refractivity contribution < 1.29 is 18.7 Å². The van der Waals surface area contributed by atoms with Crippen molar-refractivity contribution in [3.8, 4) is 11.5 Å². The second-order valence-corrected chi connectivity index (χ2v) is 7.49. The number of furan rings is 1. The van der Waals surface area contributed by atoms with Crippen molar-refractivity contribution in [2.45, 2.75) is 26.1 Å². The first kappa shape index (κ1) is 22.8. The molecule has 1 aromatic carbocycles. The second kappa shape index (κ2) is 10.1. The minimum absolute atomic E-state index is 0.105. The van der Waals surface area contributed by atoms with Crippen molar-refractivity contribution >= 4 is 16.9 Å². The Morgan fingerprint density at radius 3 is 2.62 bits per heavy atom. The number of nitrogens with zero attached hydrogens (tertiary/aromatic N) is 3. The molecule has 0 atom stereocenters. The number of rotatable bonds is 9. The number of pyridine rings is 1. The lowest BCUT2D eigenvalue weighted by atomic mass is 10.1. The number of carbonyl (C=O) groups is 1. The highest BCUT2D eigenvalue weighted by Crippen LogP contribution is 2.27. The van der Waals surface area contributed by atoms with E-state index in [1.165, 1.54) is 24.1 Å². The first-order valence-corrected chi connectivity index (χ1v) is 10.6. The highest BCUT2D eigenvalue weighted by molar-refractivity contribution is 5.79. The van der Waals surface area contributed by atoms with Crippen LogP contribution in [0.1, 0.15) is 11.3 Å². The first-order valence-electron chi connectivity index (χ1n) is 10.6. The van der Waals surface area contributed by atoms with E-state index in [1.54, 1.807) is 43.5 Å². The van der Waals surface area contributed by atoms with Gasteiger partial charge in [-0.2, -0.15) is 0 Å². The summed E-state index contributed by atoms with van der Waals surface area (Å²) in [6.07, 6.45) is 3.38. The summed E-state index contributed by atoms with van der Waals surface area (Å²) in [4.78, 5) is 43.0. The summed E-state index contributed by atoms with van der Waals surface area (Å²) >= 11 is 0. The molecule has 0 spiro atoms. The van der Waals surface area contributed by atoms with Crippen molar-refractivity contribution in [3.05, 3.63) is 87.1 Å². The molecule has 0 aliphatic carbocycles. The molecular weight excluding hydrogens is 440 g/mol. The average Bonchev–Trinajstić information content (AvgIpc) is 3.39. The van der Waals surface area contributed by atoms with Crippen molar-refractivity contribution in [1.82, 2.24) is 19.4 Å². The molecule has 1 amide bonds. The van der Waals surface area contributed by atoms with Gasteiger partial charge in [-0.1, -0.05) is 6.07 Å². The molecule has 4 rings (SSSR count). The van der Waals surface area contributed by atoms with Gasteiger partial charge in [0, 0.05) is 12.7 Å². The maximum Gasteiger partial charge on any atom is 0.332 e. The Morgan fingerprint density at radius 2 is 1.88 bits per heavy atom. The number of amides is 1. The van der Waals surface area contributed by atoms with Crippen LogP contribution in [0.5, 0.6) is 11.5 Å². The summed E-state index contributed by atoms with van der Waals surface area (Å²) in [6, 6.07) is 12.1. The molecule has 0 radical (unpaired) electrons. The fraction of sp³-hybridized carbons (Fsp3) is 0.250. The Balaban J connectivity index is 1.63. The quantitative estimate of drug-likeness (QED) is 0.401. The number of aromatic nitrogens is 3. The van der Waals surface area contributed by atoms with Gasteiger partial charge in [0.25, 0.3) is 5.56 Å². The molecule has 0 aliphatic rings. The number of methoxy groups -OCH3 is 2. The van der Waals surface area contributed by atoms with E-state index in [-0.39, 0.29) is 25.2 Å². The molecule has 10 heteroatoms. The van der Waals surface area contributed by atoms with E-state index < -0.39 is 17.2 Å². The van der Waals surface area contributed by atoms with E-state index >= 15 is 0 Å². The highest BCUT2D eigenvalue weighted by atomic mass is 16.5. The Kier molecular flexibility index (Phi) is 6.77. The minimum Gasteiger partial charge on any atom is -0.493 e. The molecule has 0 bridgehead atoms. The molecule has 4 aromatic rings. The van der Waals surface area contributed by atoms with E-state index in [9.17, 15) is 14.4 Å². The van der Waals surface area contributed by atoms with Gasteiger partial charge in [-0.05, 0) is 48.4 Å². The number of aryl methyl sites for hydroxylation is 1. The number of fused-ring (bicyclic) bond motifs is 1. The van der Waals surface area contributed by atoms with Gasteiger partial charge in [0.15, 0.2) is 17.0 Å². The molecular formula is C24H24N4O6. The van der Waals surface area contributed by atoms with Crippen molar-refractivity contribution in [3.63, 3.8) is 0 Å². The van der Waals surface area contributed by atoms with Crippen molar-refractivity contribution in [2.75, 3.05) is 14.2 Å². The molecule has 10 nitrogen and oxygen atoms in total. The summed E-state index contributed by atoms with van der Waals surface area (Å²) in [5, 5.41) is 2.71.